The molecule has 0 aliphatic heterocycles. The zero-order valence-electron chi connectivity index (χ0n) is 16.9. The van der Waals surface area contributed by atoms with Crippen LogP contribution in [0.5, 0.6) is 5.88 Å². The lowest BCUT2D eigenvalue weighted by Crippen LogP contribution is -2.28. The van der Waals surface area contributed by atoms with Crippen molar-refractivity contribution >= 4 is 11.6 Å². The lowest BCUT2D eigenvalue weighted by Gasteiger charge is -2.20. The molecular formula is C22H26FN5O2. The maximum atomic E-state index is 13.2. The SMILES string of the molecule is O=C(CCC1CCCCC1)NCCOc1ccc2nnc(-c3ccc(F)cc3)n2n1. The van der Waals surface area contributed by atoms with Gasteiger partial charge in [-0.25, -0.2) is 4.39 Å². The predicted octanol–water partition coefficient (Wildman–Crippen LogP) is 3.79. The minimum absolute atomic E-state index is 0.0741. The van der Waals surface area contributed by atoms with Crippen molar-refractivity contribution in [1.82, 2.24) is 25.1 Å². The lowest BCUT2D eigenvalue weighted by molar-refractivity contribution is -0.121. The molecule has 0 atom stereocenters. The second-order valence-electron chi connectivity index (χ2n) is 7.71. The van der Waals surface area contributed by atoms with Gasteiger partial charge in [-0.05, 0) is 42.7 Å². The normalized spacial score (nSPS) is 14.7. The second-order valence-corrected chi connectivity index (χ2v) is 7.71. The van der Waals surface area contributed by atoms with Crippen molar-refractivity contribution in [3.63, 3.8) is 0 Å². The van der Waals surface area contributed by atoms with Crippen LogP contribution in [0.15, 0.2) is 36.4 Å². The highest BCUT2D eigenvalue weighted by Crippen LogP contribution is 2.27. The highest BCUT2D eigenvalue weighted by atomic mass is 19.1. The van der Waals surface area contributed by atoms with Gasteiger partial charge >= 0.3 is 0 Å². The number of rotatable bonds is 8. The van der Waals surface area contributed by atoms with Crippen molar-refractivity contribution < 1.29 is 13.9 Å². The van der Waals surface area contributed by atoms with E-state index in [1.54, 1.807) is 28.8 Å². The molecule has 0 saturated heterocycles. The Morgan fingerprint density at radius 2 is 1.90 bits per heavy atom. The Labute approximate surface area is 174 Å². The summed E-state index contributed by atoms with van der Waals surface area (Å²) in [6, 6.07) is 9.46. The van der Waals surface area contributed by atoms with E-state index in [4.69, 9.17) is 4.74 Å². The van der Waals surface area contributed by atoms with Crippen molar-refractivity contribution in [2.24, 2.45) is 5.92 Å². The number of hydrogen-bond donors (Lipinski definition) is 1. The average Bonchev–Trinajstić information content (AvgIpc) is 3.20. The molecule has 2 heterocycles. The van der Waals surface area contributed by atoms with Crippen LogP contribution in [0.3, 0.4) is 0 Å². The van der Waals surface area contributed by atoms with E-state index >= 15 is 0 Å². The number of carbonyl (C=O) groups is 1. The number of amides is 1. The zero-order valence-corrected chi connectivity index (χ0v) is 16.9. The minimum Gasteiger partial charge on any atom is -0.475 e. The molecule has 2 aromatic heterocycles. The number of benzene rings is 1. The van der Waals surface area contributed by atoms with Crippen LogP contribution in [0.1, 0.15) is 44.9 Å². The fourth-order valence-corrected chi connectivity index (χ4v) is 3.87. The Morgan fingerprint density at radius 3 is 2.70 bits per heavy atom. The molecule has 1 N–H and O–H groups in total. The van der Waals surface area contributed by atoms with Crippen LogP contribution in [0.25, 0.3) is 17.0 Å². The zero-order chi connectivity index (χ0) is 20.8. The molecule has 0 bridgehead atoms. The summed E-state index contributed by atoms with van der Waals surface area (Å²) in [6.45, 7) is 0.748. The van der Waals surface area contributed by atoms with Crippen LogP contribution in [-0.4, -0.2) is 38.9 Å². The molecule has 0 radical (unpaired) electrons. The summed E-state index contributed by atoms with van der Waals surface area (Å²) in [6.07, 6.45) is 8.00. The van der Waals surface area contributed by atoms with Gasteiger partial charge in [-0.15, -0.1) is 15.3 Å². The summed E-state index contributed by atoms with van der Waals surface area (Å²) in [5.74, 6) is 1.37. The first kappa shape index (κ1) is 20.3. The van der Waals surface area contributed by atoms with Gasteiger partial charge < -0.3 is 10.1 Å². The van der Waals surface area contributed by atoms with E-state index in [2.05, 4.69) is 20.6 Å². The standard InChI is InChI=1S/C22H26FN5O2/c23-18-9-7-17(8-10-18)22-26-25-19-11-13-21(27-28(19)22)30-15-14-24-20(29)12-6-16-4-2-1-3-5-16/h7-11,13,16H,1-6,12,14-15H2,(H,24,29). The van der Waals surface area contributed by atoms with Crippen LogP contribution in [-0.2, 0) is 4.79 Å². The number of fused-ring (bicyclic) bond motifs is 1. The van der Waals surface area contributed by atoms with Gasteiger partial charge in [0, 0.05) is 18.1 Å². The van der Waals surface area contributed by atoms with Gasteiger partial charge in [-0.1, -0.05) is 32.1 Å². The summed E-state index contributed by atoms with van der Waals surface area (Å²) < 4.78 is 20.4. The Morgan fingerprint density at radius 1 is 1.10 bits per heavy atom. The second kappa shape index (κ2) is 9.65. The smallest absolute Gasteiger partial charge is 0.231 e. The van der Waals surface area contributed by atoms with E-state index in [1.807, 2.05) is 0 Å². The first-order valence-electron chi connectivity index (χ1n) is 10.6. The third-order valence-electron chi connectivity index (χ3n) is 5.52. The Hall–Kier alpha value is -3.03. The third-order valence-corrected chi connectivity index (χ3v) is 5.52. The summed E-state index contributed by atoms with van der Waals surface area (Å²) in [5.41, 5.74) is 1.27. The first-order chi connectivity index (χ1) is 14.7. The molecule has 4 rings (SSSR count). The fraction of sp³-hybridized carbons (Fsp3) is 0.455. The summed E-state index contributed by atoms with van der Waals surface area (Å²) in [5, 5.41) is 15.5. The van der Waals surface area contributed by atoms with Gasteiger partial charge in [0.2, 0.25) is 11.8 Å². The molecule has 3 aromatic rings. The van der Waals surface area contributed by atoms with Crippen molar-refractivity contribution in [3.05, 3.63) is 42.2 Å². The molecule has 1 aliphatic rings. The van der Waals surface area contributed by atoms with Crippen molar-refractivity contribution in [2.75, 3.05) is 13.2 Å². The van der Waals surface area contributed by atoms with E-state index in [0.717, 1.165) is 6.42 Å². The molecule has 7 nitrogen and oxygen atoms in total. The number of nitrogens with zero attached hydrogens (tertiary/aromatic N) is 4. The van der Waals surface area contributed by atoms with Gasteiger partial charge in [0.05, 0.1) is 6.54 Å². The first-order valence-corrected chi connectivity index (χ1v) is 10.6. The Kier molecular flexibility index (Phi) is 6.51. The topological polar surface area (TPSA) is 81.4 Å². The highest BCUT2D eigenvalue weighted by Gasteiger charge is 2.15. The van der Waals surface area contributed by atoms with E-state index in [9.17, 15) is 9.18 Å². The maximum Gasteiger partial charge on any atom is 0.231 e. The third kappa shape index (κ3) is 5.11. The largest absolute Gasteiger partial charge is 0.475 e. The molecule has 1 fully saturated rings. The van der Waals surface area contributed by atoms with Crippen LogP contribution in [0, 0.1) is 11.7 Å². The van der Waals surface area contributed by atoms with Crippen LogP contribution in [0.4, 0.5) is 4.39 Å². The van der Waals surface area contributed by atoms with Crippen LogP contribution >= 0.6 is 0 Å². The Bertz CT molecular complexity index is 983. The van der Waals surface area contributed by atoms with Crippen molar-refractivity contribution in [1.29, 1.82) is 0 Å². The average molecular weight is 411 g/mol. The molecule has 8 heteroatoms. The molecular weight excluding hydrogens is 385 g/mol. The van der Waals surface area contributed by atoms with Gasteiger partial charge in [0.1, 0.15) is 12.4 Å². The van der Waals surface area contributed by atoms with Crippen molar-refractivity contribution in [2.45, 2.75) is 44.9 Å². The van der Waals surface area contributed by atoms with Gasteiger partial charge in [0.25, 0.3) is 0 Å². The molecule has 0 spiro atoms. The molecule has 1 aliphatic carbocycles. The quantitative estimate of drug-likeness (QED) is 0.571. The monoisotopic (exact) mass is 411 g/mol. The summed E-state index contributed by atoms with van der Waals surface area (Å²) in [7, 11) is 0. The molecule has 0 unspecified atom stereocenters. The van der Waals surface area contributed by atoms with Crippen LogP contribution < -0.4 is 10.1 Å². The number of carbonyl (C=O) groups excluding carboxylic acids is 1. The molecule has 1 saturated carbocycles. The predicted molar refractivity (Wildman–Crippen MR) is 110 cm³/mol. The number of halogens is 1. The number of nitrogens with one attached hydrogen (secondary N) is 1. The fourth-order valence-electron chi connectivity index (χ4n) is 3.87. The number of aromatic nitrogens is 4. The van der Waals surface area contributed by atoms with Crippen molar-refractivity contribution in [3.8, 4) is 17.3 Å². The maximum absolute atomic E-state index is 13.2. The van der Waals surface area contributed by atoms with E-state index < -0.39 is 0 Å². The molecule has 30 heavy (non-hydrogen) atoms. The lowest BCUT2D eigenvalue weighted by atomic mass is 9.86. The van der Waals surface area contributed by atoms with Gasteiger partial charge in [-0.2, -0.15) is 4.52 Å². The molecule has 1 aromatic carbocycles. The minimum atomic E-state index is -0.314. The van der Waals surface area contributed by atoms with Gasteiger partial charge in [0.15, 0.2) is 11.5 Å². The van der Waals surface area contributed by atoms with Crippen LogP contribution in [0.2, 0.25) is 0 Å². The summed E-state index contributed by atoms with van der Waals surface area (Å²) in [4.78, 5) is 12.0. The van der Waals surface area contributed by atoms with E-state index in [0.29, 0.717) is 48.4 Å². The van der Waals surface area contributed by atoms with E-state index in [-0.39, 0.29) is 11.7 Å². The summed E-state index contributed by atoms with van der Waals surface area (Å²) >= 11 is 0. The van der Waals surface area contributed by atoms with Gasteiger partial charge in [-0.3, -0.25) is 4.79 Å². The molecule has 1 amide bonds. The highest BCUT2D eigenvalue weighted by molar-refractivity contribution is 5.75. The number of hydrogen-bond acceptors (Lipinski definition) is 5. The molecule has 158 valence electrons. The Balaban J connectivity index is 1.27. The van der Waals surface area contributed by atoms with E-state index in [1.165, 1.54) is 44.2 Å². The number of ether oxygens (including phenoxy) is 1.